The molecule has 0 saturated carbocycles. The number of benzene rings is 1. The van der Waals surface area contributed by atoms with Crippen molar-refractivity contribution in [2.45, 2.75) is 38.8 Å². The normalized spacial score (nSPS) is 19.1. The van der Waals surface area contributed by atoms with E-state index in [1.165, 1.54) is 25.8 Å². The summed E-state index contributed by atoms with van der Waals surface area (Å²) < 4.78 is 10.5. The van der Waals surface area contributed by atoms with Crippen LogP contribution in [0.1, 0.15) is 31.7 Å². The van der Waals surface area contributed by atoms with Gasteiger partial charge in [-0.05, 0) is 44.0 Å². The van der Waals surface area contributed by atoms with Crippen LogP contribution in [0.4, 0.5) is 0 Å². The zero-order valence-corrected chi connectivity index (χ0v) is 15.0. The Kier molecular flexibility index (Phi) is 7.18. The van der Waals surface area contributed by atoms with Crippen molar-refractivity contribution in [2.75, 3.05) is 33.9 Å². The summed E-state index contributed by atoms with van der Waals surface area (Å²) in [6, 6.07) is 6.44. The van der Waals surface area contributed by atoms with Gasteiger partial charge in [0.15, 0.2) is 17.5 Å². The van der Waals surface area contributed by atoms with E-state index in [4.69, 9.17) is 15.2 Å². The van der Waals surface area contributed by atoms with E-state index in [1.807, 2.05) is 18.2 Å². The van der Waals surface area contributed by atoms with Crippen LogP contribution in [0.2, 0.25) is 0 Å². The van der Waals surface area contributed by atoms with Gasteiger partial charge >= 0.3 is 0 Å². The summed E-state index contributed by atoms with van der Waals surface area (Å²) in [4.78, 5) is 6.91. The fourth-order valence-corrected chi connectivity index (χ4v) is 3.03. The number of hydrogen-bond donors (Lipinski definition) is 2. The molecule has 1 heterocycles. The molecule has 6 heteroatoms. The monoisotopic (exact) mass is 334 g/mol. The summed E-state index contributed by atoms with van der Waals surface area (Å²) in [5.41, 5.74) is 6.99. The second-order valence-corrected chi connectivity index (χ2v) is 6.20. The number of piperidine rings is 1. The molecule has 1 unspecified atom stereocenters. The SMILES string of the molecule is COc1ccc(CN=C(N)NCCN2CCCCC2C)cc1OC. The molecule has 1 fully saturated rings. The van der Waals surface area contributed by atoms with E-state index >= 15 is 0 Å². The minimum absolute atomic E-state index is 0.481. The van der Waals surface area contributed by atoms with Crippen molar-refractivity contribution < 1.29 is 9.47 Å². The molecular weight excluding hydrogens is 304 g/mol. The number of guanidine groups is 1. The van der Waals surface area contributed by atoms with Gasteiger partial charge in [0.25, 0.3) is 0 Å². The third-order valence-electron chi connectivity index (χ3n) is 4.53. The van der Waals surface area contributed by atoms with E-state index in [2.05, 4.69) is 22.1 Å². The average molecular weight is 334 g/mol. The molecule has 0 aliphatic carbocycles. The molecule has 1 aromatic rings. The number of aliphatic imine (C=N–C) groups is 1. The largest absolute Gasteiger partial charge is 0.493 e. The highest BCUT2D eigenvalue weighted by Crippen LogP contribution is 2.27. The number of nitrogens with one attached hydrogen (secondary N) is 1. The highest BCUT2D eigenvalue weighted by Gasteiger charge is 2.17. The Hall–Kier alpha value is -1.95. The number of hydrogen-bond acceptors (Lipinski definition) is 4. The number of nitrogens with two attached hydrogens (primary N) is 1. The van der Waals surface area contributed by atoms with Crippen molar-refractivity contribution in [1.82, 2.24) is 10.2 Å². The highest BCUT2D eigenvalue weighted by atomic mass is 16.5. The second-order valence-electron chi connectivity index (χ2n) is 6.20. The quantitative estimate of drug-likeness (QED) is 0.589. The molecule has 1 aliphatic rings. The predicted octanol–water partition coefficient (Wildman–Crippen LogP) is 1.98. The lowest BCUT2D eigenvalue weighted by Crippen LogP contribution is -2.43. The molecule has 24 heavy (non-hydrogen) atoms. The summed E-state index contributed by atoms with van der Waals surface area (Å²) in [5.74, 6) is 1.90. The van der Waals surface area contributed by atoms with Gasteiger partial charge in [-0.2, -0.15) is 0 Å². The van der Waals surface area contributed by atoms with E-state index in [-0.39, 0.29) is 0 Å². The molecule has 0 spiro atoms. The van der Waals surface area contributed by atoms with Crippen LogP contribution in [-0.4, -0.2) is 50.8 Å². The molecular formula is C18H30N4O2. The van der Waals surface area contributed by atoms with Crippen LogP contribution in [-0.2, 0) is 6.54 Å². The van der Waals surface area contributed by atoms with Gasteiger partial charge in [0.1, 0.15) is 0 Å². The van der Waals surface area contributed by atoms with Gasteiger partial charge in [0.2, 0.25) is 0 Å². The van der Waals surface area contributed by atoms with E-state index < -0.39 is 0 Å². The number of nitrogens with zero attached hydrogens (tertiary/aromatic N) is 2. The van der Waals surface area contributed by atoms with Gasteiger partial charge in [0.05, 0.1) is 20.8 Å². The van der Waals surface area contributed by atoms with Gasteiger partial charge in [-0.1, -0.05) is 12.5 Å². The van der Waals surface area contributed by atoms with Crippen LogP contribution in [0.3, 0.4) is 0 Å². The Morgan fingerprint density at radius 1 is 1.29 bits per heavy atom. The molecule has 3 N–H and O–H groups in total. The second kappa shape index (κ2) is 9.37. The van der Waals surface area contributed by atoms with Crippen LogP contribution in [0.15, 0.2) is 23.2 Å². The summed E-state index contributed by atoms with van der Waals surface area (Å²) in [6.07, 6.45) is 3.94. The van der Waals surface area contributed by atoms with Gasteiger partial charge in [0, 0.05) is 19.1 Å². The van der Waals surface area contributed by atoms with Crippen molar-refractivity contribution >= 4 is 5.96 Å². The Morgan fingerprint density at radius 2 is 2.08 bits per heavy atom. The maximum Gasteiger partial charge on any atom is 0.188 e. The first-order chi connectivity index (χ1) is 11.6. The maximum atomic E-state index is 5.96. The van der Waals surface area contributed by atoms with Gasteiger partial charge < -0.3 is 20.5 Å². The van der Waals surface area contributed by atoms with Crippen LogP contribution in [0.25, 0.3) is 0 Å². The molecule has 0 radical (unpaired) electrons. The minimum Gasteiger partial charge on any atom is -0.493 e. The van der Waals surface area contributed by atoms with Crippen LogP contribution in [0, 0.1) is 0 Å². The molecule has 1 aromatic carbocycles. The van der Waals surface area contributed by atoms with Crippen LogP contribution < -0.4 is 20.5 Å². The lowest BCUT2D eigenvalue weighted by Gasteiger charge is -2.33. The number of likely N-dealkylation sites (tertiary alicyclic amines) is 1. The fourth-order valence-electron chi connectivity index (χ4n) is 3.03. The predicted molar refractivity (Wildman–Crippen MR) is 97.8 cm³/mol. The van der Waals surface area contributed by atoms with Crippen molar-refractivity contribution in [2.24, 2.45) is 10.7 Å². The fraction of sp³-hybridized carbons (Fsp3) is 0.611. The topological polar surface area (TPSA) is 72.1 Å². The van der Waals surface area contributed by atoms with E-state index in [0.717, 1.165) is 18.7 Å². The standard InChI is InChI=1S/C18H30N4O2/c1-14-6-4-5-10-22(14)11-9-20-18(19)21-13-15-7-8-16(23-2)17(12-15)24-3/h7-8,12,14H,4-6,9-11,13H2,1-3H3,(H3,19,20,21). The van der Waals surface area contributed by atoms with E-state index in [1.54, 1.807) is 14.2 Å². The lowest BCUT2D eigenvalue weighted by atomic mass is 10.0. The molecule has 0 bridgehead atoms. The first-order valence-electron chi connectivity index (χ1n) is 8.62. The highest BCUT2D eigenvalue weighted by molar-refractivity contribution is 5.77. The summed E-state index contributed by atoms with van der Waals surface area (Å²) in [6.45, 7) is 5.83. The van der Waals surface area contributed by atoms with E-state index in [9.17, 15) is 0 Å². The molecule has 1 atom stereocenters. The summed E-state index contributed by atoms with van der Waals surface area (Å²) >= 11 is 0. The van der Waals surface area contributed by atoms with Crippen molar-refractivity contribution in [3.8, 4) is 11.5 Å². The number of methoxy groups -OCH3 is 2. The smallest absolute Gasteiger partial charge is 0.188 e. The zero-order valence-electron chi connectivity index (χ0n) is 15.0. The minimum atomic E-state index is 0.481. The first-order valence-corrected chi connectivity index (χ1v) is 8.62. The van der Waals surface area contributed by atoms with E-state index in [0.29, 0.717) is 30.0 Å². The molecule has 1 aliphatic heterocycles. The Morgan fingerprint density at radius 3 is 2.79 bits per heavy atom. The lowest BCUT2D eigenvalue weighted by molar-refractivity contribution is 0.164. The van der Waals surface area contributed by atoms with Gasteiger partial charge in [-0.15, -0.1) is 0 Å². The van der Waals surface area contributed by atoms with Crippen molar-refractivity contribution in [3.63, 3.8) is 0 Å². The summed E-state index contributed by atoms with van der Waals surface area (Å²) in [5, 5.41) is 3.20. The van der Waals surface area contributed by atoms with Crippen molar-refractivity contribution in [1.29, 1.82) is 0 Å². The zero-order chi connectivity index (χ0) is 17.4. The van der Waals surface area contributed by atoms with Crippen LogP contribution in [0.5, 0.6) is 11.5 Å². The molecule has 1 saturated heterocycles. The molecule has 6 nitrogen and oxygen atoms in total. The third kappa shape index (κ3) is 5.30. The molecule has 0 aromatic heterocycles. The molecule has 0 amide bonds. The van der Waals surface area contributed by atoms with Gasteiger partial charge in [-0.3, -0.25) is 4.90 Å². The third-order valence-corrected chi connectivity index (χ3v) is 4.53. The van der Waals surface area contributed by atoms with Crippen molar-refractivity contribution in [3.05, 3.63) is 23.8 Å². The maximum absolute atomic E-state index is 5.96. The Balaban J connectivity index is 1.79. The molecule has 2 rings (SSSR count). The number of ether oxygens (including phenoxy) is 2. The van der Waals surface area contributed by atoms with Crippen LogP contribution >= 0.6 is 0 Å². The average Bonchev–Trinajstić information content (AvgIpc) is 2.61. The Labute approximate surface area is 145 Å². The molecule has 134 valence electrons. The number of rotatable bonds is 7. The summed E-state index contributed by atoms with van der Waals surface area (Å²) in [7, 11) is 3.25. The van der Waals surface area contributed by atoms with Gasteiger partial charge in [-0.25, -0.2) is 4.99 Å². The Bertz CT molecular complexity index is 548. The first kappa shape index (κ1) is 18.4.